The number of ether oxygens (including phenoxy) is 1. The number of nitrogens with one attached hydrogen (secondary N) is 1. The van der Waals surface area contributed by atoms with Crippen LogP contribution in [0.4, 0.5) is 0 Å². The number of benzene rings is 2. The van der Waals surface area contributed by atoms with Gasteiger partial charge in [-0.3, -0.25) is 4.79 Å². The fraction of sp³-hybridized carbons (Fsp3) is 0.348. The first-order valence-corrected chi connectivity index (χ1v) is 10.7. The number of morpholine rings is 1. The van der Waals surface area contributed by atoms with E-state index in [1.54, 1.807) is 0 Å². The first-order valence-electron chi connectivity index (χ1n) is 9.90. The summed E-state index contributed by atoms with van der Waals surface area (Å²) in [6.07, 6.45) is 3.79. The summed E-state index contributed by atoms with van der Waals surface area (Å²) >= 11 is 12.4. The molecule has 2 aromatic rings. The minimum atomic E-state index is -0.352. The molecule has 1 aliphatic heterocycles. The standard InChI is InChI=1S/C23H24Cl2N2O2/c1-26-12-11-20-23(28)27(14-15-5-6-15)21(16-7-9-18(24)10-8-16)22(29-20)17-3-2-4-19(25)13-17/h2-4,7-11,13,15,21-22,26H,5-6,12,14H2,1H3/b20-11-/t21?,22-/m1/s1. The van der Waals surface area contributed by atoms with Crippen molar-refractivity contribution in [3.05, 3.63) is 81.5 Å². The van der Waals surface area contributed by atoms with Gasteiger partial charge >= 0.3 is 0 Å². The number of hydrogen-bond acceptors (Lipinski definition) is 3. The maximum absolute atomic E-state index is 13.3. The first-order chi connectivity index (χ1) is 14.1. The Balaban J connectivity index is 1.80. The van der Waals surface area contributed by atoms with Crippen LogP contribution in [-0.2, 0) is 9.53 Å². The molecule has 6 heteroatoms. The van der Waals surface area contributed by atoms with Crippen LogP contribution in [0.15, 0.2) is 60.4 Å². The molecule has 1 saturated carbocycles. The van der Waals surface area contributed by atoms with Crippen molar-refractivity contribution < 1.29 is 9.53 Å². The molecule has 0 bridgehead atoms. The Bertz CT molecular complexity index is 909. The van der Waals surface area contributed by atoms with Gasteiger partial charge in [0, 0.05) is 23.1 Å². The van der Waals surface area contributed by atoms with Crippen LogP contribution < -0.4 is 5.32 Å². The average molecular weight is 431 g/mol. The van der Waals surface area contributed by atoms with Crippen molar-refractivity contribution in [1.82, 2.24) is 10.2 Å². The quantitative estimate of drug-likeness (QED) is 0.644. The molecule has 1 aliphatic carbocycles. The van der Waals surface area contributed by atoms with Gasteiger partial charge in [0.25, 0.3) is 5.91 Å². The van der Waals surface area contributed by atoms with Crippen molar-refractivity contribution >= 4 is 29.1 Å². The number of nitrogens with zero attached hydrogens (tertiary/aromatic N) is 1. The molecule has 2 aliphatic rings. The number of rotatable bonds is 6. The van der Waals surface area contributed by atoms with E-state index >= 15 is 0 Å². The van der Waals surface area contributed by atoms with Gasteiger partial charge in [0.1, 0.15) is 6.10 Å². The highest BCUT2D eigenvalue weighted by Crippen LogP contribution is 2.45. The van der Waals surface area contributed by atoms with Crippen LogP contribution in [0.2, 0.25) is 10.0 Å². The lowest BCUT2D eigenvalue weighted by Crippen LogP contribution is -2.45. The van der Waals surface area contributed by atoms with Crippen molar-refractivity contribution in [3.63, 3.8) is 0 Å². The predicted molar refractivity (Wildman–Crippen MR) is 116 cm³/mol. The number of hydrogen-bond donors (Lipinski definition) is 1. The third-order valence-electron chi connectivity index (χ3n) is 5.38. The molecule has 0 aromatic heterocycles. The van der Waals surface area contributed by atoms with Crippen LogP contribution in [0.5, 0.6) is 0 Å². The molecule has 0 spiro atoms. The molecule has 1 amide bonds. The van der Waals surface area contributed by atoms with E-state index in [2.05, 4.69) is 5.32 Å². The van der Waals surface area contributed by atoms with Gasteiger partial charge in [0.15, 0.2) is 5.76 Å². The van der Waals surface area contributed by atoms with E-state index in [0.29, 0.717) is 28.3 Å². The van der Waals surface area contributed by atoms with Crippen LogP contribution >= 0.6 is 23.2 Å². The highest BCUT2D eigenvalue weighted by atomic mass is 35.5. The lowest BCUT2D eigenvalue weighted by Gasteiger charge is -2.43. The van der Waals surface area contributed by atoms with Gasteiger partial charge in [-0.15, -0.1) is 0 Å². The summed E-state index contributed by atoms with van der Waals surface area (Å²) < 4.78 is 6.31. The zero-order valence-corrected chi connectivity index (χ0v) is 17.8. The van der Waals surface area contributed by atoms with Gasteiger partial charge in [-0.2, -0.15) is 0 Å². The molecule has 1 N–H and O–H groups in total. The molecular formula is C23H24Cl2N2O2. The summed E-state index contributed by atoms with van der Waals surface area (Å²) in [6.45, 7) is 1.29. The van der Waals surface area contributed by atoms with Crippen molar-refractivity contribution in [2.24, 2.45) is 5.92 Å². The first kappa shape index (κ1) is 20.3. The molecule has 2 fully saturated rings. The number of amides is 1. The molecule has 1 saturated heterocycles. The summed E-state index contributed by atoms with van der Waals surface area (Å²) in [5, 5.41) is 4.37. The summed E-state index contributed by atoms with van der Waals surface area (Å²) in [4.78, 5) is 15.3. The van der Waals surface area contributed by atoms with Crippen LogP contribution in [0.3, 0.4) is 0 Å². The van der Waals surface area contributed by atoms with E-state index in [1.807, 2.05) is 66.6 Å². The Kier molecular flexibility index (Phi) is 6.14. The molecule has 4 rings (SSSR count). The lowest BCUT2D eigenvalue weighted by molar-refractivity contribution is -0.147. The molecule has 4 nitrogen and oxygen atoms in total. The molecule has 152 valence electrons. The minimum Gasteiger partial charge on any atom is -0.478 e. The summed E-state index contributed by atoms with van der Waals surface area (Å²) in [6, 6.07) is 15.1. The SMILES string of the molecule is CNC/C=C1\O[C@H](c2cccc(Cl)c2)C(c2ccc(Cl)cc2)N(CC2CC2)C1=O. The van der Waals surface area contributed by atoms with E-state index in [9.17, 15) is 4.79 Å². The Labute approximate surface area is 181 Å². The number of likely N-dealkylation sites (N-methyl/N-ethyl adjacent to an activating group) is 1. The van der Waals surface area contributed by atoms with Crippen molar-refractivity contribution in [3.8, 4) is 0 Å². The van der Waals surface area contributed by atoms with Crippen molar-refractivity contribution in [2.45, 2.75) is 25.0 Å². The molecular weight excluding hydrogens is 407 g/mol. The van der Waals surface area contributed by atoms with E-state index < -0.39 is 0 Å². The van der Waals surface area contributed by atoms with E-state index in [4.69, 9.17) is 27.9 Å². The third kappa shape index (κ3) is 4.61. The predicted octanol–water partition coefficient (Wildman–Crippen LogP) is 5.15. The zero-order chi connectivity index (χ0) is 20.4. The van der Waals surface area contributed by atoms with Crippen LogP contribution in [0, 0.1) is 5.92 Å². The molecule has 29 heavy (non-hydrogen) atoms. The van der Waals surface area contributed by atoms with E-state index in [1.165, 1.54) is 0 Å². The normalized spacial score (nSPS) is 23.3. The maximum Gasteiger partial charge on any atom is 0.289 e. The highest BCUT2D eigenvalue weighted by Gasteiger charge is 2.43. The van der Waals surface area contributed by atoms with Gasteiger partial charge in [-0.05, 0) is 67.3 Å². The second-order valence-corrected chi connectivity index (χ2v) is 8.49. The van der Waals surface area contributed by atoms with Crippen LogP contribution in [-0.4, -0.2) is 30.9 Å². The summed E-state index contributed by atoms with van der Waals surface area (Å²) in [7, 11) is 1.84. The monoisotopic (exact) mass is 430 g/mol. The van der Waals surface area contributed by atoms with Gasteiger partial charge in [-0.1, -0.05) is 47.5 Å². The third-order valence-corrected chi connectivity index (χ3v) is 5.87. The molecule has 0 radical (unpaired) electrons. The summed E-state index contributed by atoms with van der Waals surface area (Å²) in [5.74, 6) is 0.873. The Morgan fingerprint density at radius 3 is 2.52 bits per heavy atom. The fourth-order valence-corrected chi connectivity index (χ4v) is 4.06. The van der Waals surface area contributed by atoms with Gasteiger partial charge < -0.3 is 15.0 Å². The second-order valence-electron chi connectivity index (χ2n) is 7.62. The highest BCUT2D eigenvalue weighted by molar-refractivity contribution is 6.30. The number of carbonyl (C=O) groups is 1. The van der Waals surface area contributed by atoms with Crippen LogP contribution in [0.1, 0.15) is 36.1 Å². The zero-order valence-electron chi connectivity index (χ0n) is 16.3. The number of halogens is 2. The molecule has 2 atom stereocenters. The smallest absolute Gasteiger partial charge is 0.289 e. The lowest BCUT2D eigenvalue weighted by atomic mass is 9.92. The minimum absolute atomic E-state index is 0.0645. The maximum atomic E-state index is 13.3. The Morgan fingerprint density at radius 1 is 1.10 bits per heavy atom. The molecule has 2 aromatic carbocycles. The van der Waals surface area contributed by atoms with Crippen LogP contribution in [0.25, 0.3) is 0 Å². The fourth-order valence-electron chi connectivity index (χ4n) is 3.74. The average Bonchev–Trinajstić information content (AvgIpc) is 3.53. The Morgan fingerprint density at radius 2 is 1.86 bits per heavy atom. The molecule has 1 unspecified atom stereocenters. The number of carbonyl (C=O) groups excluding carboxylic acids is 1. The van der Waals surface area contributed by atoms with Crippen molar-refractivity contribution in [1.29, 1.82) is 0 Å². The van der Waals surface area contributed by atoms with Gasteiger partial charge in [0.2, 0.25) is 0 Å². The van der Waals surface area contributed by atoms with E-state index in [-0.39, 0.29) is 18.1 Å². The van der Waals surface area contributed by atoms with E-state index in [0.717, 1.165) is 30.5 Å². The van der Waals surface area contributed by atoms with Gasteiger partial charge in [0.05, 0.1) is 6.04 Å². The molecule has 1 heterocycles. The Hall–Kier alpha value is -2.01. The topological polar surface area (TPSA) is 41.6 Å². The second kappa shape index (κ2) is 8.78. The summed E-state index contributed by atoms with van der Waals surface area (Å²) in [5.41, 5.74) is 1.95. The largest absolute Gasteiger partial charge is 0.478 e. The van der Waals surface area contributed by atoms with Gasteiger partial charge in [-0.25, -0.2) is 0 Å². The van der Waals surface area contributed by atoms with Crippen molar-refractivity contribution in [2.75, 3.05) is 20.1 Å².